The summed E-state index contributed by atoms with van der Waals surface area (Å²) in [5.41, 5.74) is 0.974. The normalized spacial score (nSPS) is 11.8. The number of hydrogen-bond donors (Lipinski definition) is 1. The van der Waals surface area contributed by atoms with Crippen molar-refractivity contribution in [3.8, 4) is 11.5 Å². The number of ether oxygens (including phenoxy) is 2. The van der Waals surface area contributed by atoms with Gasteiger partial charge in [-0.3, -0.25) is 4.79 Å². The molecule has 1 amide bonds. The largest absolute Gasteiger partial charge is 0.493 e. The van der Waals surface area contributed by atoms with Gasteiger partial charge >= 0.3 is 0 Å². The zero-order valence-corrected chi connectivity index (χ0v) is 13.1. The highest BCUT2D eigenvalue weighted by Gasteiger charge is 2.09. The van der Waals surface area contributed by atoms with Crippen molar-refractivity contribution < 1.29 is 14.3 Å². The molecule has 1 atom stereocenters. The van der Waals surface area contributed by atoms with E-state index in [1.54, 1.807) is 14.0 Å². The molecule has 19 heavy (non-hydrogen) atoms. The van der Waals surface area contributed by atoms with E-state index in [2.05, 4.69) is 28.2 Å². The topological polar surface area (TPSA) is 47.6 Å². The molecule has 0 fully saturated rings. The number of benzene rings is 1. The Kier molecular flexibility index (Phi) is 6.70. The molecule has 1 N–H and O–H groups in total. The van der Waals surface area contributed by atoms with Crippen LogP contribution in [-0.4, -0.2) is 24.5 Å². The summed E-state index contributed by atoms with van der Waals surface area (Å²) in [4.78, 5) is 11.3. The second-order valence-corrected chi connectivity index (χ2v) is 5.54. The number of halogens is 1. The molecule has 106 valence electrons. The fourth-order valence-electron chi connectivity index (χ4n) is 1.48. The van der Waals surface area contributed by atoms with Crippen molar-refractivity contribution in [2.75, 3.05) is 13.7 Å². The molecule has 0 heterocycles. The minimum Gasteiger partial charge on any atom is -0.493 e. The lowest BCUT2D eigenvalue weighted by molar-refractivity contribution is -0.120. The van der Waals surface area contributed by atoms with Gasteiger partial charge in [-0.2, -0.15) is 0 Å². The lowest BCUT2D eigenvalue weighted by atomic mass is 10.2. The minimum atomic E-state index is -0.193. The third-order valence-electron chi connectivity index (χ3n) is 2.52. The number of hydrogen-bond acceptors (Lipinski definition) is 3. The molecule has 1 rings (SSSR count). The van der Waals surface area contributed by atoms with Crippen LogP contribution >= 0.6 is 15.9 Å². The van der Waals surface area contributed by atoms with Gasteiger partial charge in [-0.1, -0.05) is 28.9 Å². The Morgan fingerprint density at radius 1 is 1.42 bits per heavy atom. The third-order valence-corrected chi connectivity index (χ3v) is 2.93. The van der Waals surface area contributed by atoms with Crippen molar-refractivity contribution in [1.29, 1.82) is 0 Å². The fraction of sp³-hybridized carbons (Fsp3) is 0.500. The summed E-state index contributed by atoms with van der Waals surface area (Å²) in [7, 11) is 1.61. The molecule has 5 heteroatoms. The van der Waals surface area contributed by atoms with Crippen molar-refractivity contribution in [3.05, 3.63) is 23.8 Å². The first-order chi connectivity index (χ1) is 9.08. The van der Waals surface area contributed by atoms with Crippen LogP contribution in [0.4, 0.5) is 0 Å². The van der Waals surface area contributed by atoms with Crippen molar-refractivity contribution in [2.45, 2.75) is 31.6 Å². The molecule has 1 unspecified atom stereocenters. The second kappa shape index (κ2) is 8.04. The van der Waals surface area contributed by atoms with E-state index in [1.807, 2.05) is 18.2 Å². The molecule has 0 spiro atoms. The zero-order valence-electron chi connectivity index (χ0n) is 11.5. The van der Waals surface area contributed by atoms with Gasteiger partial charge in [0.25, 0.3) is 0 Å². The van der Waals surface area contributed by atoms with Crippen molar-refractivity contribution in [3.63, 3.8) is 0 Å². The molecule has 0 saturated carbocycles. The molecule has 0 aromatic heterocycles. The molecule has 0 aliphatic heterocycles. The van der Waals surface area contributed by atoms with E-state index in [-0.39, 0.29) is 10.7 Å². The summed E-state index contributed by atoms with van der Waals surface area (Å²) in [5, 5.41) is 2.83. The van der Waals surface area contributed by atoms with Crippen LogP contribution in [0.25, 0.3) is 0 Å². The van der Waals surface area contributed by atoms with Crippen molar-refractivity contribution in [1.82, 2.24) is 5.32 Å². The molecule has 0 aliphatic carbocycles. The molecular formula is C14H20BrNO3. The van der Waals surface area contributed by atoms with E-state index in [4.69, 9.17) is 9.47 Å². The van der Waals surface area contributed by atoms with Crippen LogP contribution in [-0.2, 0) is 11.3 Å². The first-order valence-electron chi connectivity index (χ1n) is 6.30. The van der Waals surface area contributed by atoms with Crippen LogP contribution in [0.1, 0.15) is 25.8 Å². The first kappa shape index (κ1) is 15.8. The summed E-state index contributed by atoms with van der Waals surface area (Å²) in [5.74, 6) is 1.38. The Morgan fingerprint density at radius 2 is 2.16 bits per heavy atom. The number of nitrogens with one attached hydrogen (secondary N) is 1. The van der Waals surface area contributed by atoms with Crippen LogP contribution in [0.15, 0.2) is 18.2 Å². The van der Waals surface area contributed by atoms with Crippen LogP contribution < -0.4 is 14.8 Å². The van der Waals surface area contributed by atoms with Gasteiger partial charge in [0, 0.05) is 6.54 Å². The molecule has 0 bridgehead atoms. The molecule has 0 saturated heterocycles. The lowest BCUT2D eigenvalue weighted by Gasteiger charge is -2.12. The highest BCUT2D eigenvalue weighted by Crippen LogP contribution is 2.28. The SMILES string of the molecule is CCCOc1ccc(CNC(=O)C(C)Br)cc1OC. The van der Waals surface area contributed by atoms with E-state index in [0.717, 1.165) is 17.7 Å². The average molecular weight is 330 g/mol. The van der Waals surface area contributed by atoms with Crippen molar-refractivity contribution in [2.24, 2.45) is 0 Å². The number of rotatable bonds is 7. The minimum absolute atomic E-state index is 0.0368. The van der Waals surface area contributed by atoms with Gasteiger partial charge in [0.1, 0.15) is 0 Å². The summed E-state index contributed by atoms with van der Waals surface area (Å²) in [6.07, 6.45) is 0.949. The first-order valence-corrected chi connectivity index (χ1v) is 7.21. The number of methoxy groups -OCH3 is 1. The van der Waals surface area contributed by atoms with Crippen LogP contribution in [0, 0.1) is 0 Å². The maximum atomic E-state index is 11.5. The Labute approximate surface area is 122 Å². The monoisotopic (exact) mass is 329 g/mol. The average Bonchev–Trinajstić information content (AvgIpc) is 2.42. The van der Waals surface area contributed by atoms with Gasteiger partial charge in [0.15, 0.2) is 11.5 Å². The van der Waals surface area contributed by atoms with Gasteiger partial charge in [0.05, 0.1) is 18.5 Å². The van der Waals surface area contributed by atoms with Crippen molar-refractivity contribution >= 4 is 21.8 Å². The highest BCUT2D eigenvalue weighted by atomic mass is 79.9. The maximum Gasteiger partial charge on any atom is 0.233 e. The van der Waals surface area contributed by atoms with E-state index in [0.29, 0.717) is 18.9 Å². The number of alkyl halides is 1. The summed E-state index contributed by atoms with van der Waals surface area (Å²) in [6, 6.07) is 5.67. The van der Waals surface area contributed by atoms with Crippen LogP contribution in [0.5, 0.6) is 11.5 Å². The lowest BCUT2D eigenvalue weighted by Crippen LogP contribution is -2.28. The molecule has 1 aromatic carbocycles. The Hall–Kier alpha value is -1.23. The molecule has 4 nitrogen and oxygen atoms in total. The molecule has 0 aliphatic rings. The van der Waals surface area contributed by atoms with E-state index in [1.165, 1.54) is 0 Å². The molecule has 1 aromatic rings. The van der Waals surface area contributed by atoms with Crippen LogP contribution in [0.3, 0.4) is 0 Å². The fourth-order valence-corrected chi connectivity index (χ4v) is 1.64. The standard InChI is InChI=1S/C14H20BrNO3/c1-4-7-19-12-6-5-11(8-13(12)18-3)9-16-14(17)10(2)15/h5-6,8,10H,4,7,9H2,1-3H3,(H,16,17). The Morgan fingerprint density at radius 3 is 2.74 bits per heavy atom. The smallest absolute Gasteiger partial charge is 0.233 e. The third kappa shape index (κ3) is 5.11. The maximum absolute atomic E-state index is 11.5. The van der Waals surface area contributed by atoms with Gasteiger partial charge in [-0.15, -0.1) is 0 Å². The highest BCUT2D eigenvalue weighted by molar-refractivity contribution is 9.10. The number of carbonyl (C=O) groups excluding carboxylic acids is 1. The molecule has 0 radical (unpaired) electrons. The van der Waals surface area contributed by atoms with E-state index >= 15 is 0 Å². The molecular weight excluding hydrogens is 310 g/mol. The van der Waals surface area contributed by atoms with Gasteiger partial charge in [0.2, 0.25) is 5.91 Å². The zero-order chi connectivity index (χ0) is 14.3. The number of amides is 1. The van der Waals surface area contributed by atoms with E-state index < -0.39 is 0 Å². The Bertz CT molecular complexity index is 421. The Balaban J connectivity index is 2.68. The summed E-state index contributed by atoms with van der Waals surface area (Å²) in [6.45, 7) is 4.97. The van der Waals surface area contributed by atoms with Gasteiger partial charge in [-0.05, 0) is 31.0 Å². The second-order valence-electron chi connectivity index (χ2n) is 4.17. The van der Waals surface area contributed by atoms with Crippen LogP contribution in [0.2, 0.25) is 0 Å². The number of carbonyl (C=O) groups is 1. The predicted octanol–water partition coefficient (Wildman–Crippen LogP) is 2.88. The summed E-state index contributed by atoms with van der Waals surface area (Å²) >= 11 is 3.22. The predicted molar refractivity (Wildman–Crippen MR) is 79.0 cm³/mol. The van der Waals surface area contributed by atoms with Gasteiger partial charge in [-0.25, -0.2) is 0 Å². The van der Waals surface area contributed by atoms with E-state index in [9.17, 15) is 4.79 Å². The summed E-state index contributed by atoms with van der Waals surface area (Å²) < 4.78 is 10.9. The van der Waals surface area contributed by atoms with Gasteiger partial charge < -0.3 is 14.8 Å². The quantitative estimate of drug-likeness (QED) is 0.782.